The number of fused-ring (bicyclic) bond motifs is 1. The van der Waals surface area contributed by atoms with Gasteiger partial charge in [0.1, 0.15) is 17.2 Å². The summed E-state index contributed by atoms with van der Waals surface area (Å²) in [6, 6.07) is 13.8. The zero-order valence-electron chi connectivity index (χ0n) is 20.6. The van der Waals surface area contributed by atoms with Crippen LogP contribution in [0.2, 0.25) is 0 Å². The SMILES string of the molecule is C=CC(=O)Nc1cccc(Oc2nc(Nc3ccc(N4CCN(C)CC4)c(F)c3)nc3[nH]ccc23)c1.Cl.Cl. The number of likely N-dealkylation sites (N-methyl/N-ethyl adjacent to an activating group) is 1. The van der Waals surface area contributed by atoms with Crippen molar-refractivity contribution in [1.82, 2.24) is 19.9 Å². The van der Waals surface area contributed by atoms with Crippen LogP contribution >= 0.6 is 24.8 Å². The molecule has 38 heavy (non-hydrogen) atoms. The third kappa shape index (κ3) is 6.52. The van der Waals surface area contributed by atoms with Gasteiger partial charge in [0.2, 0.25) is 17.7 Å². The highest BCUT2D eigenvalue weighted by atomic mass is 35.5. The fraction of sp³-hybridized carbons (Fsp3) is 0.192. The van der Waals surface area contributed by atoms with E-state index in [4.69, 9.17) is 4.74 Å². The maximum Gasteiger partial charge on any atom is 0.247 e. The molecular weight excluding hydrogens is 532 g/mol. The van der Waals surface area contributed by atoms with Gasteiger partial charge in [-0.05, 0) is 49.5 Å². The van der Waals surface area contributed by atoms with Crippen molar-refractivity contribution in [3.8, 4) is 11.6 Å². The lowest BCUT2D eigenvalue weighted by Crippen LogP contribution is -2.44. The Hall–Kier alpha value is -3.86. The monoisotopic (exact) mass is 559 g/mol. The van der Waals surface area contributed by atoms with Crippen molar-refractivity contribution in [2.45, 2.75) is 0 Å². The predicted molar refractivity (Wildman–Crippen MR) is 153 cm³/mol. The number of nitrogens with one attached hydrogen (secondary N) is 3. The van der Waals surface area contributed by atoms with Crippen LogP contribution in [0.4, 0.5) is 27.4 Å². The molecule has 1 fully saturated rings. The van der Waals surface area contributed by atoms with Crippen molar-refractivity contribution >= 4 is 64.8 Å². The van der Waals surface area contributed by atoms with E-state index in [2.05, 4.69) is 49.0 Å². The summed E-state index contributed by atoms with van der Waals surface area (Å²) in [5.74, 6) is 0.416. The van der Waals surface area contributed by atoms with Gasteiger partial charge in [-0.25, -0.2) is 4.39 Å². The molecule has 0 radical (unpaired) electrons. The normalized spacial score (nSPS) is 13.3. The summed E-state index contributed by atoms with van der Waals surface area (Å²) in [6.07, 6.45) is 2.93. The Morgan fingerprint density at radius 1 is 1.08 bits per heavy atom. The van der Waals surface area contributed by atoms with Crippen LogP contribution in [0.5, 0.6) is 11.6 Å². The van der Waals surface area contributed by atoms with Crippen molar-refractivity contribution in [2.75, 3.05) is 48.8 Å². The molecule has 3 heterocycles. The molecule has 0 saturated carbocycles. The molecule has 200 valence electrons. The number of anilines is 4. The van der Waals surface area contributed by atoms with E-state index in [-0.39, 0.29) is 42.5 Å². The molecule has 0 spiro atoms. The molecule has 1 aliphatic rings. The molecule has 0 bridgehead atoms. The zero-order chi connectivity index (χ0) is 25.1. The van der Waals surface area contributed by atoms with Crippen LogP contribution in [0.15, 0.2) is 67.4 Å². The van der Waals surface area contributed by atoms with Crippen molar-refractivity contribution in [1.29, 1.82) is 0 Å². The van der Waals surface area contributed by atoms with Gasteiger partial charge in [-0.15, -0.1) is 24.8 Å². The molecule has 4 aromatic rings. The molecule has 0 unspecified atom stereocenters. The third-order valence-electron chi connectivity index (χ3n) is 5.93. The van der Waals surface area contributed by atoms with Gasteiger partial charge < -0.3 is 30.2 Å². The lowest BCUT2D eigenvalue weighted by molar-refractivity contribution is -0.111. The number of hydrogen-bond donors (Lipinski definition) is 3. The Morgan fingerprint density at radius 2 is 1.87 bits per heavy atom. The first-order chi connectivity index (χ1) is 17.5. The van der Waals surface area contributed by atoms with E-state index in [0.29, 0.717) is 39.7 Å². The van der Waals surface area contributed by atoms with E-state index < -0.39 is 0 Å². The summed E-state index contributed by atoms with van der Waals surface area (Å²) in [5, 5.41) is 6.46. The second kappa shape index (κ2) is 12.6. The molecule has 12 heteroatoms. The van der Waals surface area contributed by atoms with Gasteiger partial charge in [-0.2, -0.15) is 9.97 Å². The smallest absolute Gasteiger partial charge is 0.247 e. The second-order valence-electron chi connectivity index (χ2n) is 8.50. The summed E-state index contributed by atoms with van der Waals surface area (Å²) in [6.45, 7) is 6.82. The van der Waals surface area contributed by atoms with Crippen molar-refractivity contribution < 1.29 is 13.9 Å². The highest BCUT2D eigenvalue weighted by molar-refractivity contribution is 5.99. The summed E-state index contributed by atoms with van der Waals surface area (Å²) in [7, 11) is 2.07. The van der Waals surface area contributed by atoms with Gasteiger partial charge in [0.15, 0.2) is 0 Å². The minimum absolute atomic E-state index is 0. The van der Waals surface area contributed by atoms with Gasteiger partial charge in [0.25, 0.3) is 0 Å². The van der Waals surface area contributed by atoms with Crippen LogP contribution in [0.1, 0.15) is 0 Å². The predicted octanol–water partition coefficient (Wildman–Crippen LogP) is 5.35. The molecule has 1 aliphatic heterocycles. The number of ether oxygens (including phenoxy) is 1. The fourth-order valence-electron chi connectivity index (χ4n) is 4.01. The van der Waals surface area contributed by atoms with E-state index >= 15 is 0 Å². The van der Waals surface area contributed by atoms with Crippen LogP contribution in [0.25, 0.3) is 11.0 Å². The number of aromatic nitrogens is 3. The number of halogens is 3. The molecule has 2 aromatic carbocycles. The Bertz CT molecular complexity index is 1420. The quantitative estimate of drug-likeness (QED) is 0.262. The average molecular weight is 560 g/mol. The first kappa shape index (κ1) is 28.7. The Labute approximate surface area is 231 Å². The number of aromatic amines is 1. The van der Waals surface area contributed by atoms with Crippen LogP contribution in [0.3, 0.4) is 0 Å². The highest BCUT2D eigenvalue weighted by Gasteiger charge is 2.18. The van der Waals surface area contributed by atoms with Crippen LogP contribution < -0.4 is 20.3 Å². The summed E-state index contributed by atoms with van der Waals surface area (Å²) in [5.41, 5.74) is 2.23. The minimum atomic E-state index is -0.320. The number of benzene rings is 2. The van der Waals surface area contributed by atoms with Gasteiger partial charge in [-0.1, -0.05) is 12.6 Å². The molecule has 2 aromatic heterocycles. The van der Waals surface area contributed by atoms with Gasteiger partial charge in [-0.3, -0.25) is 4.79 Å². The van der Waals surface area contributed by atoms with E-state index in [9.17, 15) is 9.18 Å². The van der Waals surface area contributed by atoms with Gasteiger partial charge in [0.05, 0.1) is 11.1 Å². The molecule has 0 aliphatic carbocycles. The fourth-order valence-corrected chi connectivity index (χ4v) is 4.01. The first-order valence-electron chi connectivity index (χ1n) is 11.5. The lowest BCUT2D eigenvalue weighted by atomic mass is 10.2. The minimum Gasteiger partial charge on any atom is -0.438 e. The average Bonchev–Trinajstić information content (AvgIpc) is 3.34. The summed E-state index contributed by atoms with van der Waals surface area (Å²) < 4.78 is 21.0. The van der Waals surface area contributed by atoms with E-state index in [1.165, 1.54) is 12.1 Å². The van der Waals surface area contributed by atoms with Crippen molar-refractivity contribution in [3.05, 3.63) is 73.2 Å². The number of H-pyrrole nitrogens is 1. The standard InChI is InChI=1S/C26H26FN7O2.2ClH/c1-3-23(35)29-17-5-4-6-19(15-17)36-25-20-9-10-28-24(20)31-26(32-25)30-18-7-8-22(21(27)16-18)34-13-11-33(2)12-14-34;;/h3-10,15-16H,1,11-14H2,2H3,(H,29,35)(H2,28,30,31,32);2*1H. The maximum absolute atomic E-state index is 15.0. The molecule has 1 saturated heterocycles. The lowest BCUT2D eigenvalue weighted by Gasteiger charge is -2.34. The highest BCUT2D eigenvalue weighted by Crippen LogP contribution is 2.31. The largest absolute Gasteiger partial charge is 0.438 e. The number of amides is 1. The van der Waals surface area contributed by atoms with Crippen molar-refractivity contribution in [2.24, 2.45) is 0 Å². The molecule has 3 N–H and O–H groups in total. The maximum atomic E-state index is 15.0. The second-order valence-corrected chi connectivity index (χ2v) is 8.50. The number of piperazine rings is 1. The molecule has 5 rings (SSSR count). The topological polar surface area (TPSA) is 98.4 Å². The molecular formula is C26H28Cl2FN7O2. The zero-order valence-corrected chi connectivity index (χ0v) is 22.2. The van der Waals surface area contributed by atoms with Gasteiger partial charge in [0, 0.05) is 49.8 Å². The van der Waals surface area contributed by atoms with E-state index in [1.807, 2.05) is 12.1 Å². The first-order valence-corrected chi connectivity index (χ1v) is 11.5. The molecule has 0 atom stereocenters. The van der Waals surface area contributed by atoms with Crippen LogP contribution in [-0.2, 0) is 4.79 Å². The van der Waals surface area contributed by atoms with Crippen molar-refractivity contribution in [3.63, 3.8) is 0 Å². The number of hydrogen-bond acceptors (Lipinski definition) is 7. The Kier molecular flexibility index (Phi) is 9.51. The third-order valence-corrected chi connectivity index (χ3v) is 5.93. The summed E-state index contributed by atoms with van der Waals surface area (Å²) in [4.78, 5) is 28.0. The molecule has 1 amide bonds. The summed E-state index contributed by atoms with van der Waals surface area (Å²) >= 11 is 0. The van der Waals surface area contributed by atoms with Gasteiger partial charge >= 0.3 is 0 Å². The Balaban J connectivity index is 0.00000200. The Morgan fingerprint density at radius 3 is 2.61 bits per heavy atom. The van der Waals surface area contributed by atoms with E-state index in [0.717, 1.165) is 26.2 Å². The number of nitrogens with zero attached hydrogens (tertiary/aromatic N) is 4. The van der Waals surface area contributed by atoms with Crippen LogP contribution in [-0.4, -0.2) is 59.0 Å². The molecule has 9 nitrogen and oxygen atoms in total. The number of rotatable bonds is 7. The van der Waals surface area contributed by atoms with E-state index in [1.54, 1.807) is 36.5 Å². The number of carbonyl (C=O) groups excluding carboxylic acids is 1. The number of carbonyl (C=O) groups is 1. The van der Waals surface area contributed by atoms with Crippen LogP contribution in [0, 0.1) is 5.82 Å².